The number of anilines is 6. The van der Waals surface area contributed by atoms with Crippen LogP contribution < -0.4 is 9.80 Å². The van der Waals surface area contributed by atoms with Crippen LogP contribution in [0.15, 0.2) is 171 Å². The van der Waals surface area contributed by atoms with E-state index in [1.807, 2.05) is 72.0 Å². The fourth-order valence-electron chi connectivity index (χ4n) is 8.33. The molecule has 0 spiro atoms. The number of rotatable bonds is 6. The number of fused-ring (bicyclic) bond motifs is 6. The maximum Gasteiger partial charge on any atom is 0.0736 e. The van der Waals surface area contributed by atoms with E-state index in [1.54, 1.807) is 0 Å². The molecule has 0 radical (unpaired) electrons. The Hall–Kier alpha value is -7.00. The second-order valence-electron chi connectivity index (χ2n) is 14.0. The molecule has 6 nitrogen and oxygen atoms in total. The molecule has 0 N–H and O–H groups in total. The van der Waals surface area contributed by atoms with Gasteiger partial charge in [0.1, 0.15) is 0 Å². The number of thiophene rings is 2. The molecule has 6 aromatic carbocycles. The highest BCUT2D eigenvalue weighted by molar-refractivity contribution is 7.26. The van der Waals surface area contributed by atoms with Crippen LogP contribution in [-0.2, 0) is 0 Å². The first kappa shape index (κ1) is 31.4. The second-order valence-corrected chi connectivity index (χ2v) is 16.2. The van der Waals surface area contributed by atoms with Gasteiger partial charge in [-0.3, -0.25) is 19.9 Å². The summed E-state index contributed by atoms with van der Waals surface area (Å²) in [7, 11) is 0. The average Bonchev–Trinajstić information content (AvgIpc) is 3.81. The minimum atomic E-state index is 0.918. The molecule has 12 aromatic rings. The van der Waals surface area contributed by atoms with Crippen LogP contribution in [0.5, 0.6) is 0 Å². The van der Waals surface area contributed by atoms with Crippen molar-refractivity contribution in [2.24, 2.45) is 0 Å². The summed E-state index contributed by atoms with van der Waals surface area (Å²) in [6.07, 6.45) is 11.4. The molecule has 0 aliphatic carbocycles. The monoisotopic (exact) mass is 752 g/mol. The first-order valence-corrected chi connectivity index (χ1v) is 20.0. The van der Waals surface area contributed by atoms with E-state index in [0.29, 0.717) is 0 Å². The third-order valence-corrected chi connectivity index (χ3v) is 13.0. The van der Waals surface area contributed by atoms with E-state index < -0.39 is 0 Å². The Labute approximate surface area is 328 Å². The van der Waals surface area contributed by atoms with E-state index in [2.05, 4.69) is 141 Å². The highest BCUT2D eigenvalue weighted by Crippen LogP contribution is 2.45. The lowest BCUT2D eigenvalue weighted by Gasteiger charge is -2.27. The molecule has 0 aliphatic rings. The molecule has 0 aliphatic heterocycles. The minimum Gasteiger partial charge on any atom is -0.309 e. The van der Waals surface area contributed by atoms with E-state index >= 15 is 0 Å². The van der Waals surface area contributed by atoms with Crippen molar-refractivity contribution in [2.75, 3.05) is 9.80 Å². The summed E-state index contributed by atoms with van der Waals surface area (Å²) in [5.74, 6) is 0. The molecule has 0 amide bonds. The lowest BCUT2D eigenvalue weighted by molar-refractivity contribution is 1.23. The van der Waals surface area contributed by atoms with Gasteiger partial charge in [-0.05, 0) is 84.9 Å². The molecular formula is C48H28N6S2. The largest absolute Gasteiger partial charge is 0.309 e. The molecule has 0 bridgehead atoms. The van der Waals surface area contributed by atoms with Crippen LogP contribution in [0.2, 0.25) is 0 Å². The van der Waals surface area contributed by atoms with Crippen LogP contribution >= 0.6 is 22.7 Å². The maximum absolute atomic E-state index is 5.13. The predicted molar refractivity (Wildman–Crippen MR) is 236 cm³/mol. The fraction of sp³-hybridized carbons (Fsp3) is 0. The highest BCUT2D eigenvalue weighted by atomic mass is 32.1. The van der Waals surface area contributed by atoms with Crippen LogP contribution in [0.1, 0.15) is 0 Å². The smallest absolute Gasteiger partial charge is 0.0736 e. The van der Waals surface area contributed by atoms with Crippen molar-refractivity contribution in [1.82, 2.24) is 19.9 Å². The van der Waals surface area contributed by atoms with Crippen molar-refractivity contribution in [3.05, 3.63) is 171 Å². The summed E-state index contributed by atoms with van der Waals surface area (Å²) in [6, 6.07) is 47.7. The lowest BCUT2D eigenvalue weighted by Crippen LogP contribution is -2.11. The van der Waals surface area contributed by atoms with Crippen molar-refractivity contribution in [3.8, 4) is 0 Å². The van der Waals surface area contributed by atoms with Crippen molar-refractivity contribution >= 4 is 130 Å². The zero-order chi connectivity index (χ0) is 36.7. The molecule has 0 unspecified atom stereocenters. The highest BCUT2D eigenvalue weighted by Gasteiger charge is 2.21. The maximum atomic E-state index is 5.13. The summed E-state index contributed by atoms with van der Waals surface area (Å²) in [6.45, 7) is 0. The molecule has 56 heavy (non-hydrogen) atoms. The summed E-state index contributed by atoms with van der Waals surface area (Å²) in [5.41, 5.74) is 7.91. The first-order valence-electron chi connectivity index (χ1n) is 18.4. The molecule has 0 saturated carbocycles. The normalized spacial score (nSPS) is 11.9. The van der Waals surface area contributed by atoms with E-state index in [0.717, 1.165) is 66.7 Å². The van der Waals surface area contributed by atoms with Crippen LogP contribution in [-0.4, -0.2) is 19.9 Å². The van der Waals surface area contributed by atoms with Gasteiger partial charge in [-0.25, -0.2) is 0 Å². The molecule has 8 heteroatoms. The second kappa shape index (κ2) is 12.3. The number of aromatic nitrogens is 4. The number of hydrogen-bond acceptors (Lipinski definition) is 8. The van der Waals surface area contributed by atoms with E-state index in [9.17, 15) is 0 Å². The van der Waals surface area contributed by atoms with Gasteiger partial charge >= 0.3 is 0 Å². The van der Waals surface area contributed by atoms with Gasteiger partial charge in [-0.15, -0.1) is 22.7 Å². The summed E-state index contributed by atoms with van der Waals surface area (Å²) in [5, 5.41) is 9.39. The molecule has 0 atom stereocenters. The van der Waals surface area contributed by atoms with Crippen molar-refractivity contribution < 1.29 is 0 Å². The van der Waals surface area contributed by atoms with Gasteiger partial charge in [0.2, 0.25) is 0 Å². The van der Waals surface area contributed by atoms with Gasteiger partial charge < -0.3 is 9.80 Å². The zero-order valence-electron chi connectivity index (χ0n) is 29.7. The molecule has 6 aromatic heterocycles. The number of nitrogens with zero attached hydrogens (tertiary/aromatic N) is 6. The Morgan fingerprint density at radius 3 is 1.29 bits per heavy atom. The third-order valence-electron chi connectivity index (χ3n) is 10.8. The van der Waals surface area contributed by atoms with Crippen LogP contribution in [0, 0.1) is 0 Å². The molecule has 0 saturated heterocycles. The molecule has 262 valence electrons. The Morgan fingerprint density at radius 1 is 0.357 bits per heavy atom. The Morgan fingerprint density at radius 2 is 0.821 bits per heavy atom. The predicted octanol–water partition coefficient (Wildman–Crippen LogP) is 13.8. The standard InChI is InChI=1S/C48H28N6S2/c1-3-11-43-37(9-1)39-15-13-31(23-45(39)55-43)53(33-7-5-17-49-27-33)35-19-29-25-52-42-22-36(20-30-26-51-41(21-35)47(29)48(30)42)54(34-8-6-18-50-28-34)32-14-16-40-38-10-2-4-12-44(38)56-46(40)24-32/h1-28H. The van der Waals surface area contributed by atoms with Crippen molar-refractivity contribution in [2.45, 2.75) is 0 Å². The van der Waals surface area contributed by atoms with Gasteiger partial charge in [0.05, 0.1) is 34.8 Å². The van der Waals surface area contributed by atoms with Gasteiger partial charge in [0.25, 0.3) is 0 Å². The van der Waals surface area contributed by atoms with E-state index in [4.69, 9.17) is 9.97 Å². The average molecular weight is 753 g/mol. The van der Waals surface area contributed by atoms with Crippen LogP contribution in [0.4, 0.5) is 34.1 Å². The Balaban J connectivity index is 1.01. The first-order chi connectivity index (χ1) is 27.7. The van der Waals surface area contributed by atoms with Gasteiger partial charge in [0, 0.05) is 109 Å². The third kappa shape index (κ3) is 4.86. The Bertz CT molecular complexity index is 3150. The summed E-state index contributed by atoms with van der Waals surface area (Å²) in [4.78, 5) is 23.8. The van der Waals surface area contributed by atoms with Gasteiger partial charge in [0.15, 0.2) is 0 Å². The van der Waals surface area contributed by atoms with Gasteiger partial charge in [-0.2, -0.15) is 0 Å². The van der Waals surface area contributed by atoms with Crippen molar-refractivity contribution in [3.63, 3.8) is 0 Å². The zero-order valence-corrected chi connectivity index (χ0v) is 31.3. The van der Waals surface area contributed by atoms with Crippen LogP contribution in [0.3, 0.4) is 0 Å². The molecular weight excluding hydrogens is 725 g/mol. The summed E-state index contributed by atoms with van der Waals surface area (Å²) < 4.78 is 5.06. The molecule has 0 fully saturated rings. The quantitative estimate of drug-likeness (QED) is 0.158. The molecule has 12 rings (SSSR count). The van der Waals surface area contributed by atoms with E-state index in [-0.39, 0.29) is 0 Å². The minimum absolute atomic E-state index is 0.918. The summed E-state index contributed by atoms with van der Waals surface area (Å²) >= 11 is 3.64. The van der Waals surface area contributed by atoms with Crippen LogP contribution in [0.25, 0.3) is 72.9 Å². The topological polar surface area (TPSA) is 58.0 Å². The van der Waals surface area contributed by atoms with E-state index in [1.165, 1.54) is 40.3 Å². The number of pyridine rings is 4. The number of hydrogen-bond donors (Lipinski definition) is 0. The van der Waals surface area contributed by atoms with Gasteiger partial charge in [-0.1, -0.05) is 48.5 Å². The lowest BCUT2D eigenvalue weighted by atomic mass is 9.99. The van der Waals surface area contributed by atoms with Crippen molar-refractivity contribution in [1.29, 1.82) is 0 Å². The molecule has 6 heterocycles. The fourth-order valence-corrected chi connectivity index (χ4v) is 10.6. The number of benzene rings is 6. The Kier molecular flexibility index (Phi) is 6.87. The SMILES string of the molecule is c1cncc(N(c2cc3cnc4cc(N(c5cccnc5)c5ccc6c(c5)sc5ccccc56)cc5cnc(c2)c3c54)c2ccc3c(c2)sc2ccccc23)c1.